The Balaban J connectivity index is 1.76. The number of nitrogens with zero attached hydrogens (tertiary/aromatic N) is 1. The van der Waals surface area contributed by atoms with Crippen molar-refractivity contribution < 1.29 is 23.8 Å². The monoisotopic (exact) mass is 364 g/mol. The number of nitrogens with one attached hydrogen (secondary N) is 1. The molecule has 1 amide bonds. The summed E-state index contributed by atoms with van der Waals surface area (Å²) < 4.78 is 18.9. The van der Waals surface area contributed by atoms with E-state index in [-0.39, 0.29) is 11.8 Å². The molecule has 3 rings (SSSR count). The first-order chi connectivity index (χ1) is 12.0. The van der Waals surface area contributed by atoms with Crippen LogP contribution in [0, 0.1) is 12.7 Å². The first kappa shape index (κ1) is 17.5. The van der Waals surface area contributed by atoms with E-state index < -0.39 is 23.7 Å². The van der Waals surface area contributed by atoms with Crippen LogP contribution in [0.1, 0.15) is 51.6 Å². The molecule has 1 aliphatic heterocycles. The maximum absolute atomic E-state index is 13.4. The number of carbonyl (C=O) groups is 2. The van der Waals surface area contributed by atoms with Crippen molar-refractivity contribution in [2.45, 2.75) is 31.9 Å². The first-order valence-corrected chi connectivity index (χ1v) is 8.70. The van der Waals surface area contributed by atoms with Crippen LogP contribution in [-0.2, 0) is 9.53 Å². The number of carboxylic acids is 1. The molecule has 0 spiro atoms. The van der Waals surface area contributed by atoms with Crippen LogP contribution in [0.15, 0.2) is 23.6 Å². The maximum Gasteiger partial charge on any atom is 0.330 e. The number of carbonyl (C=O) groups excluding carboxylic acids is 1. The Morgan fingerprint density at radius 1 is 1.48 bits per heavy atom. The molecule has 2 aromatic rings. The van der Waals surface area contributed by atoms with E-state index in [0.717, 1.165) is 12.8 Å². The summed E-state index contributed by atoms with van der Waals surface area (Å²) in [5.74, 6) is -2.25. The summed E-state index contributed by atoms with van der Waals surface area (Å²) >= 11 is 1.32. The normalized spacial score (nSPS) is 18.1. The molecule has 1 aromatic carbocycles. The van der Waals surface area contributed by atoms with Gasteiger partial charge in [0.1, 0.15) is 22.6 Å². The van der Waals surface area contributed by atoms with Gasteiger partial charge in [-0.2, -0.15) is 0 Å². The molecule has 0 bridgehead atoms. The van der Waals surface area contributed by atoms with Crippen LogP contribution in [0.25, 0.3) is 0 Å². The lowest BCUT2D eigenvalue weighted by atomic mass is 10.0. The highest BCUT2D eigenvalue weighted by molar-refractivity contribution is 7.09. The fraction of sp³-hybridized carbons (Fsp3) is 0.353. The van der Waals surface area contributed by atoms with Gasteiger partial charge < -0.3 is 15.2 Å². The van der Waals surface area contributed by atoms with Crippen molar-refractivity contribution in [3.8, 4) is 0 Å². The maximum atomic E-state index is 13.4. The Bertz CT molecular complexity index is 802. The van der Waals surface area contributed by atoms with Gasteiger partial charge in [0, 0.05) is 12.0 Å². The van der Waals surface area contributed by atoms with Crippen LogP contribution in [0.5, 0.6) is 0 Å². The molecule has 1 fully saturated rings. The third-order valence-electron chi connectivity index (χ3n) is 4.00. The van der Waals surface area contributed by atoms with E-state index in [1.807, 2.05) is 0 Å². The minimum Gasteiger partial charge on any atom is -0.479 e. The Hall–Kier alpha value is -2.32. The minimum atomic E-state index is -1.28. The summed E-state index contributed by atoms with van der Waals surface area (Å²) in [6, 6.07) is 2.67. The number of amides is 1. The van der Waals surface area contributed by atoms with E-state index in [0.29, 0.717) is 22.7 Å². The fourth-order valence-corrected chi connectivity index (χ4v) is 3.53. The number of rotatable bonds is 5. The highest BCUT2D eigenvalue weighted by atomic mass is 32.1. The van der Waals surface area contributed by atoms with Crippen LogP contribution in [0.4, 0.5) is 4.39 Å². The van der Waals surface area contributed by atoms with Crippen molar-refractivity contribution in [3.63, 3.8) is 0 Å². The Kier molecular flexibility index (Phi) is 5.10. The molecule has 0 aliphatic carbocycles. The number of hydrogen-bond acceptors (Lipinski definition) is 5. The Morgan fingerprint density at radius 2 is 2.28 bits per heavy atom. The molecule has 1 aliphatic rings. The van der Waals surface area contributed by atoms with E-state index in [9.17, 15) is 19.1 Å². The second-order valence-electron chi connectivity index (χ2n) is 5.83. The average Bonchev–Trinajstić information content (AvgIpc) is 3.25. The van der Waals surface area contributed by atoms with E-state index in [1.54, 1.807) is 5.38 Å². The second kappa shape index (κ2) is 7.28. The van der Waals surface area contributed by atoms with Crippen molar-refractivity contribution in [1.29, 1.82) is 0 Å². The molecule has 8 heteroatoms. The smallest absolute Gasteiger partial charge is 0.330 e. The molecular formula is C17H17FN2O4S. The molecule has 1 saturated heterocycles. The van der Waals surface area contributed by atoms with Crippen LogP contribution in [0.3, 0.4) is 0 Å². The van der Waals surface area contributed by atoms with Gasteiger partial charge in [-0.1, -0.05) is 12.1 Å². The molecule has 1 aromatic heterocycles. The molecule has 25 heavy (non-hydrogen) atoms. The van der Waals surface area contributed by atoms with Crippen LogP contribution in [0.2, 0.25) is 0 Å². The molecule has 2 N–H and O–H groups in total. The third kappa shape index (κ3) is 3.85. The predicted molar refractivity (Wildman–Crippen MR) is 89.0 cm³/mol. The van der Waals surface area contributed by atoms with Crippen LogP contribution in [-0.4, -0.2) is 28.6 Å². The van der Waals surface area contributed by atoms with Crippen LogP contribution < -0.4 is 5.32 Å². The number of aromatic nitrogens is 1. The zero-order chi connectivity index (χ0) is 18.0. The van der Waals surface area contributed by atoms with Crippen LogP contribution >= 0.6 is 11.3 Å². The van der Waals surface area contributed by atoms with Gasteiger partial charge in [0.25, 0.3) is 5.91 Å². The molecule has 0 radical (unpaired) electrons. The van der Waals surface area contributed by atoms with E-state index in [4.69, 9.17) is 4.74 Å². The fourth-order valence-electron chi connectivity index (χ4n) is 2.65. The number of hydrogen-bond donors (Lipinski definition) is 2. The van der Waals surface area contributed by atoms with E-state index in [1.165, 1.54) is 36.5 Å². The second-order valence-corrected chi connectivity index (χ2v) is 6.72. The lowest BCUT2D eigenvalue weighted by Crippen LogP contribution is -2.34. The summed E-state index contributed by atoms with van der Waals surface area (Å²) in [5, 5.41) is 14.2. The van der Waals surface area contributed by atoms with Crippen molar-refractivity contribution in [2.75, 3.05) is 6.61 Å². The topological polar surface area (TPSA) is 88.5 Å². The molecule has 6 nitrogen and oxygen atoms in total. The molecule has 2 atom stereocenters. The van der Waals surface area contributed by atoms with Gasteiger partial charge >= 0.3 is 5.97 Å². The van der Waals surface area contributed by atoms with Crippen molar-refractivity contribution >= 4 is 23.2 Å². The number of carboxylic acid groups (broad SMARTS) is 1. The van der Waals surface area contributed by atoms with Gasteiger partial charge in [-0.05, 0) is 37.0 Å². The predicted octanol–water partition coefficient (Wildman–Crippen LogP) is 3.00. The lowest BCUT2D eigenvalue weighted by molar-refractivity contribution is -0.139. The van der Waals surface area contributed by atoms with Crippen molar-refractivity contribution in [1.82, 2.24) is 10.3 Å². The largest absolute Gasteiger partial charge is 0.479 e. The summed E-state index contributed by atoms with van der Waals surface area (Å²) in [6.45, 7) is 2.21. The highest BCUT2D eigenvalue weighted by Crippen LogP contribution is 2.30. The number of halogens is 1. The summed E-state index contributed by atoms with van der Waals surface area (Å²) in [5.41, 5.74) is 0.766. The van der Waals surface area contributed by atoms with Gasteiger partial charge in [0.05, 0.1) is 0 Å². The van der Waals surface area contributed by atoms with E-state index in [2.05, 4.69) is 10.3 Å². The first-order valence-electron chi connectivity index (χ1n) is 7.82. The lowest BCUT2D eigenvalue weighted by Gasteiger charge is -2.15. The zero-order valence-corrected chi connectivity index (χ0v) is 14.3. The number of aliphatic carboxylic acids is 1. The highest BCUT2D eigenvalue weighted by Gasteiger charge is 2.26. The quantitative estimate of drug-likeness (QED) is 0.851. The molecule has 2 unspecified atom stereocenters. The summed E-state index contributed by atoms with van der Waals surface area (Å²) in [7, 11) is 0. The Labute approximate surface area is 147 Å². The Morgan fingerprint density at radius 3 is 2.92 bits per heavy atom. The van der Waals surface area contributed by atoms with Gasteiger partial charge in [0.15, 0.2) is 6.04 Å². The van der Waals surface area contributed by atoms with Gasteiger partial charge in [-0.15, -0.1) is 11.3 Å². The summed E-state index contributed by atoms with van der Waals surface area (Å²) in [4.78, 5) is 28.2. The standard InChI is InChI=1S/C17H17FN2O4S/c1-9-7-10(4-5-11(9)18)14(17(22)23)20-15(21)12-8-25-16(19-12)13-3-2-6-24-13/h4-5,7-8,13-14H,2-3,6H2,1H3,(H,20,21)(H,22,23). The van der Waals surface area contributed by atoms with Gasteiger partial charge in [-0.3, -0.25) is 4.79 Å². The number of ether oxygens (including phenoxy) is 1. The number of aryl methyl sites for hydroxylation is 1. The minimum absolute atomic E-state index is 0.0958. The third-order valence-corrected chi connectivity index (χ3v) is 4.93. The molecule has 132 valence electrons. The van der Waals surface area contributed by atoms with Crippen molar-refractivity contribution in [3.05, 3.63) is 51.2 Å². The van der Waals surface area contributed by atoms with Gasteiger partial charge in [-0.25, -0.2) is 14.2 Å². The SMILES string of the molecule is Cc1cc(C(NC(=O)c2csc(C3CCCO3)n2)C(=O)O)ccc1F. The van der Waals surface area contributed by atoms with E-state index >= 15 is 0 Å². The zero-order valence-electron chi connectivity index (χ0n) is 13.5. The van der Waals surface area contributed by atoms with Crippen molar-refractivity contribution in [2.24, 2.45) is 0 Å². The summed E-state index contributed by atoms with van der Waals surface area (Å²) in [6.07, 6.45) is 1.72. The molecule has 0 saturated carbocycles. The average molecular weight is 364 g/mol. The molecule has 2 heterocycles. The number of thiazole rings is 1. The number of benzene rings is 1. The van der Waals surface area contributed by atoms with Gasteiger partial charge in [0.2, 0.25) is 0 Å². The molecular weight excluding hydrogens is 347 g/mol.